The molecule has 3 aromatic carbocycles. The molecule has 4 aromatic rings. The van der Waals surface area contributed by atoms with Crippen LogP contribution in [-0.2, 0) is 38.8 Å². The largest absolute Gasteiger partial charge is 0.477 e. The number of primary amides is 1. The zero-order valence-electron chi connectivity index (χ0n) is 34.6. The van der Waals surface area contributed by atoms with Gasteiger partial charge in [-0.2, -0.15) is 13.2 Å². The maximum atomic E-state index is 15.3. The van der Waals surface area contributed by atoms with Crippen molar-refractivity contribution >= 4 is 58.2 Å². The molecule has 0 unspecified atom stereocenters. The van der Waals surface area contributed by atoms with E-state index in [9.17, 15) is 51.8 Å². The molecule has 0 spiro atoms. The second-order valence-corrected chi connectivity index (χ2v) is 14.9. The van der Waals surface area contributed by atoms with E-state index >= 15 is 4.39 Å². The van der Waals surface area contributed by atoms with E-state index in [4.69, 9.17) is 15.2 Å². The Balaban J connectivity index is 1.16. The van der Waals surface area contributed by atoms with Crippen LogP contribution >= 0.6 is 0 Å². The van der Waals surface area contributed by atoms with Crippen molar-refractivity contribution in [3.63, 3.8) is 0 Å². The van der Waals surface area contributed by atoms with Gasteiger partial charge in [0.2, 0.25) is 11.3 Å². The molecule has 5 rings (SSSR count). The molecule has 0 bridgehead atoms. The molecule has 0 saturated carbocycles. The van der Waals surface area contributed by atoms with Crippen LogP contribution in [0.1, 0.15) is 54.1 Å². The number of carboxylic acids is 1. The predicted octanol–water partition coefficient (Wildman–Crippen LogP) is 5.53. The van der Waals surface area contributed by atoms with Gasteiger partial charge in [0.15, 0.2) is 5.78 Å². The van der Waals surface area contributed by atoms with Gasteiger partial charge in [-0.25, -0.2) is 23.6 Å². The van der Waals surface area contributed by atoms with Gasteiger partial charge in [0.1, 0.15) is 24.6 Å². The Kier molecular flexibility index (Phi) is 16.3. The van der Waals surface area contributed by atoms with Crippen molar-refractivity contribution in [2.24, 2.45) is 11.7 Å². The zero-order valence-corrected chi connectivity index (χ0v) is 34.6. The Morgan fingerprint density at radius 3 is 2.19 bits per heavy atom. The highest BCUT2D eigenvalue weighted by molar-refractivity contribution is 5.97. The third kappa shape index (κ3) is 13.4. The van der Waals surface area contributed by atoms with Gasteiger partial charge in [-0.1, -0.05) is 42.5 Å². The molecule has 0 aliphatic carbocycles. The lowest BCUT2D eigenvalue weighted by atomic mass is 9.92. The lowest BCUT2D eigenvalue weighted by molar-refractivity contribution is -0.148. The summed E-state index contributed by atoms with van der Waals surface area (Å²) in [6.45, 7) is 2.48. The fourth-order valence-corrected chi connectivity index (χ4v) is 7.01. The number of anilines is 2. The minimum Gasteiger partial charge on any atom is -0.477 e. The van der Waals surface area contributed by atoms with E-state index in [2.05, 4.69) is 10.6 Å². The number of pyridine rings is 1. The van der Waals surface area contributed by atoms with E-state index in [1.165, 1.54) is 29.3 Å². The monoisotopic (exact) mass is 897 g/mol. The molecule has 0 radical (unpaired) electrons. The summed E-state index contributed by atoms with van der Waals surface area (Å²) in [6, 6.07) is 14.0. The molecule has 1 aliphatic heterocycles. The number of aromatic carboxylic acids is 1. The molecule has 1 saturated heterocycles. The van der Waals surface area contributed by atoms with Gasteiger partial charge < -0.3 is 50.6 Å². The summed E-state index contributed by atoms with van der Waals surface area (Å²) < 4.78 is 68.0. The molecule has 2 heterocycles. The SMILES string of the molecule is CCn1cc(C(=O)O)c(=O)c2cc(F)c(N3CCN(C(=O)OCc4ccc(NC(=O)[C@H](CCCNC(N)=O)CC(=O)[C@H](CC(F)(F)F)NC(=O)OCc5ccccc5)cc4)CC3)cc21. The van der Waals surface area contributed by atoms with Gasteiger partial charge >= 0.3 is 30.4 Å². The number of aromatic nitrogens is 1. The van der Waals surface area contributed by atoms with Gasteiger partial charge in [-0.05, 0) is 55.2 Å². The van der Waals surface area contributed by atoms with Crippen molar-refractivity contribution in [3.8, 4) is 0 Å². The second kappa shape index (κ2) is 21.7. The van der Waals surface area contributed by atoms with E-state index in [0.717, 1.165) is 6.07 Å². The first-order valence-electron chi connectivity index (χ1n) is 20.2. The quantitative estimate of drug-likeness (QED) is 0.0616. The van der Waals surface area contributed by atoms with Crippen molar-refractivity contribution < 1.29 is 60.9 Å². The smallest absolute Gasteiger partial charge is 0.410 e. The van der Waals surface area contributed by atoms with Gasteiger partial charge in [0, 0.05) is 68.9 Å². The summed E-state index contributed by atoms with van der Waals surface area (Å²) in [6.07, 6.45) is -7.86. The third-order valence-electron chi connectivity index (χ3n) is 10.4. The first-order valence-corrected chi connectivity index (χ1v) is 20.2. The molecule has 17 nitrogen and oxygen atoms in total. The van der Waals surface area contributed by atoms with Crippen LogP contribution in [0.3, 0.4) is 0 Å². The highest BCUT2D eigenvalue weighted by Gasteiger charge is 2.38. The van der Waals surface area contributed by atoms with Crippen LogP contribution in [0.15, 0.2) is 77.7 Å². The number of carboxylic acid groups (broad SMARTS) is 1. The number of benzene rings is 3. The zero-order chi connectivity index (χ0) is 46.6. The molecular weight excluding hydrogens is 851 g/mol. The number of nitrogens with zero attached hydrogens (tertiary/aromatic N) is 3. The lowest BCUT2D eigenvalue weighted by Gasteiger charge is -2.35. The number of fused-ring (bicyclic) bond motifs is 1. The van der Waals surface area contributed by atoms with E-state index in [1.807, 2.05) is 5.32 Å². The summed E-state index contributed by atoms with van der Waals surface area (Å²) >= 11 is 0. The number of nitrogens with one attached hydrogen (secondary N) is 3. The fraction of sp³-hybridized carbons (Fsp3) is 0.372. The molecule has 64 heavy (non-hydrogen) atoms. The van der Waals surface area contributed by atoms with Crippen LogP contribution in [0.2, 0.25) is 0 Å². The predicted molar refractivity (Wildman–Crippen MR) is 224 cm³/mol. The number of alkyl halides is 3. The molecule has 6 N–H and O–H groups in total. The number of halogens is 4. The van der Waals surface area contributed by atoms with Crippen molar-refractivity contribution in [3.05, 3.63) is 106 Å². The van der Waals surface area contributed by atoms with Crippen LogP contribution < -0.4 is 32.0 Å². The highest BCUT2D eigenvalue weighted by Crippen LogP contribution is 2.28. The number of Topliss-reactive ketones (excluding diaryl/α,β-unsaturated/α-hetero) is 1. The molecule has 1 aromatic heterocycles. The summed E-state index contributed by atoms with van der Waals surface area (Å²) in [5.74, 6) is -5.11. The van der Waals surface area contributed by atoms with Gasteiger partial charge in [0.05, 0.1) is 23.7 Å². The number of piperazine rings is 1. The minimum atomic E-state index is -4.86. The number of amides is 5. The first-order chi connectivity index (χ1) is 30.4. The van der Waals surface area contributed by atoms with E-state index in [0.29, 0.717) is 23.2 Å². The summed E-state index contributed by atoms with van der Waals surface area (Å²) in [5.41, 5.74) is 5.74. The van der Waals surface area contributed by atoms with Crippen LogP contribution in [0.25, 0.3) is 10.9 Å². The number of urea groups is 1. The topological polar surface area (TPSA) is 232 Å². The Bertz CT molecular complexity index is 2390. The molecule has 342 valence electrons. The summed E-state index contributed by atoms with van der Waals surface area (Å²) in [4.78, 5) is 90.8. The number of aryl methyl sites for hydroxylation is 1. The Morgan fingerprint density at radius 2 is 1.56 bits per heavy atom. The molecule has 1 aliphatic rings. The fourth-order valence-electron chi connectivity index (χ4n) is 7.01. The minimum absolute atomic E-state index is 0.0108. The molecule has 5 amide bonds. The summed E-state index contributed by atoms with van der Waals surface area (Å²) in [5, 5.41) is 16.3. The van der Waals surface area contributed by atoms with Crippen LogP contribution in [0, 0.1) is 11.7 Å². The lowest BCUT2D eigenvalue weighted by Crippen LogP contribution is -2.49. The average Bonchev–Trinajstić information content (AvgIpc) is 3.26. The maximum absolute atomic E-state index is 15.3. The number of rotatable bonds is 18. The van der Waals surface area contributed by atoms with Crippen LogP contribution in [-0.4, -0.2) is 95.4 Å². The second-order valence-electron chi connectivity index (χ2n) is 14.9. The number of carbonyl (C=O) groups excluding carboxylic acids is 5. The first kappa shape index (κ1) is 47.9. The highest BCUT2D eigenvalue weighted by atomic mass is 19.4. The van der Waals surface area contributed by atoms with Crippen LogP contribution in [0.4, 0.5) is 43.3 Å². The van der Waals surface area contributed by atoms with Crippen molar-refractivity contribution in [2.45, 2.75) is 64.6 Å². The Morgan fingerprint density at radius 1 is 0.906 bits per heavy atom. The number of ether oxygens (including phenoxy) is 2. The van der Waals surface area contributed by atoms with Gasteiger partial charge in [0.25, 0.3) is 0 Å². The molecule has 21 heteroatoms. The summed E-state index contributed by atoms with van der Waals surface area (Å²) in [7, 11) is 0. The van der Waals surface area contributed by atoms with Crippen LogP contribution in [0.5, 0.6) is 0 Å². The number of alkyl carbamates (subject to hydrolysis) is 1. The van der Waals surface area contributed by atoms with E-state index < -0.39 is 83.7 Å². The molecular formula is C43H47F4N7O10. The molecule has 1 fully saturated rings. The third-order valence-corrected chi connectivity index (χ3v) is 10.4. The van der Waals surface area contributed by atoms with Crippen molar-refractivity contribution in [1.29, 1.82) is 0 Å². The van der Waals surface area contributed by atoms with Crippen molar-refractivity contribution in [2.75, 3.05) is 42.9 Å². The number of carbonyl (C=O) groups is 6. The van der Waals surface area contributed by atoms with Gasteiger partial charge in [-0.15, -0.1) is 0 Å². The number of nitrogens with two attached hydrogens (primary N) is 1. The van der Waals surface area contributed by atoms with E-state index in [1.54, 1.807) is 58.9 Å². The Labute approximate surface area is 363 Å². The normalized spacial score (nSPS) is 13.7. The van der Waals surface area contributed by atoms with Crippen molar-refractivity contribution in [1.82, 2.24) is 20.1 Å². The van der Waals surface area contributed by atoms with Gasteiger partial charge in [-0.3, -0.25) is 14.4 Å². The number of hydrogen-bond acceptors (Lipinski definition) is 10. The standard InChI is InChI=1S/C43H47F4N7O10/c1-2-52-23-31(39(58)59)37(56)30-20-32(44)35(21-34(30)52)53-15-17-54(18-16-53)42(62)64-25-27-10-12-29(13-11-27)50-38(57)28(9-6-14-49-40(48)60)19-36(55)33(22-43(45,46)47)51-41(61)63-24-26-7-4-3-5-8-26/h3-5,7-8,10-13,20-21,23,28,33H,2,6,9,14-19,22,24-25H2,1H3,(H,50,57)(H,51,61)(H,58,59)(H3,48,49,60)/t28-,33+/m1/s1. The maximum Gasteiger partial charge on any atom is 0.410 e. The number of ketones is 1. The average molecular weight is 898 g/mol. The molecule has 2 atom stereocenters. The number of hydrogen-bond donors (Lipinski definition) is 5. The van der Waals surface area contributed by atoms with E-state index in [-0.39, 0.29) is 75.5 Å². The Hall–Kier alpha value is -7.19.